The van der Waals surface area contributed by atoms with Gasteiger partial charge in [-0.1, -0.05) is 30.9 Å². The van der Waals surface area contributed by atoms with E-state index in [1.807, 2.05) is 31.2 Å². The predicted molar refractivity (Wildman–Crippen MR) is 123 cm³/mol. The molecular weight excluding hydrogens is 428 g/mol. The smallest absolute Gasteiger partial charge is 0.338 e. The molecule has 0 unspecified atom stereocenters. The molecule has 2 aromatic carbocycles. The van der Waals surface area contributed by atoms with Crippen LogP contribution in [-0.2, 0) is 22.6 Å². The first-order valence-corrected chi connectivity index (χ1v) is 10.8. The van der Waals surface area contributed by atoms with E-state index in [1.54, 1.807) is 29.7 Å². The molecule has 0 saturated carbocycles. The number of aryl methyl sites for hydroxylation is 1. The van der Waals surface area contributed by atoms with Crippen LogP contribution in [0.1, 0.15) is 26.6 Å². The van der Waals surface area contributed by atoms with Crippen LogP contribution in [0.2, 0.25) is 0 Å². The summed E-state index contributed by atoms with van der Waals surface area (Å²) in [7, 11) is 1.50. The number of ether oxygens (including phenoxy) is 3. The number of benzene rings is 2. The molecule has 0 fully saturated rings. The van der Waals surface area contributed by atoms with E-state index in [0.29, 0.717) is 34.4 Å². The summed E-state index contributed by atoms with van der Waals surface area (Å²) >= 11 is 1.35. The minimum Gasteiger partial charge on any atom is -0.493 e. The highest BCUT2D eigenvalue weighted by molar-refractivity contribution is 7.09. The largest absolute Gasteiger partial charge is 0.493 e. The maximum atomic E-state index is 12.4. The molecular formula is C24H24N2O5S. The van der Waals surface area contributed by atoms with Crippen LogP contribution in [0.5, 0.6) is 11.5 Å². The number of thiazole rings is 1. The zero-order chi connectivity index (χ0) is 22.9. The first-order chi connectivity index (χ1) is 15.5. The van der Waals surface area contributed by atoms with Crippen molar-refractivity contribution in [1.29, 1.82) is 0 Å². The molecule has 3 aromatic rings. The quantitative estimate of drug-likeness (QED) is 0.358. The van der Waals surface area contributed by atoms with Crippen LogP contribution in [0.25, 0.3) is 0 Å². The molecule has 166 valence electrons. The Balaban J connectivity index is 1.54. The van der Waals surface area contributed by atoms with Crippen LogP contribution in [0.4, 0.5) is 5.69 Å². The monoisotopic (exact) mass is 452 g/mol. The summed E-state index contributed by atoms with van der Waals surface area (Å²) in [5.41, 5.74) is 2.69. The fraction of sp³-hybridized carbons (Fsp3) is 0.208. The number of para-hydroxylation sites is 1. The van der Waals surface area contributed by atoms with Crippen LogP contribution in [0, 0.1) is 6.92 Å². The molecule has 0 spiro atoms. The van der Waals surface area contributed by atoms with Gasteiger partial charge >= 0.3 is 5.97 Å². The second kappa shape index (κ2) is 11.1. The first-order valence-electron chi connectivity index (χ1n) is 9.87. The number of anilines is 1. The van der Waals surface area contributed by atoms with Crippen molar-refractivity contribution in [3.05, 3.63) is 82.3 Å². The maximum Gasteiger partial charge on any atom is 0.338 e. The zero-order valence-electron chi connectivity index (χ0n) is 17.9. The minimum atomic E-state index is -0.509. The number of amides is 1. The van der Waals surface area contributed by atoms with Crippen molar-refractivity contribution >= 4 is 28.9 Å². The number of carbonyl (C=O) groups is 2. The second-order valence-electron chi connectivity index (χ2n) is 6.81. The molecule has 0 aliphatic heterocycles. The highest BCUT2D eigenvalue weighted by Crippen LogP contribution is 2.28. The van der Waals surface area contributed by atoms with Crippen molar-refractivity contribution in [3.8, 4) is 11.5 Å². The van der Waals surface area contributed by atoms with E-state index >= 15 is 0 Å². The van der Waals surface area contributed by atoms with Crippen LogP contribution < -0.4 is 14.8 Å². The summed E-state index contributed by atoms with van der Waals surface area (Å²) in [5.74, 6) is 0.280. The lowest BCUT2D eigenvalue weighted by atomic mass is 10.2. The normalized spacial score (nSPS) is 10.3. The first kappa shape index (κ1) is 23.0. The van der Waals surface area contributed by atoms with Crippen molar-refractivity contribution in [1.82, 2.24) is 4.98 Å². The van der Waals surface area contributed by atoms with Crippen molar-refractivity contribution in [3.63, 3.8) is 0 Å². The number of hydrogen-bond donors (Lipinski definition) is 1. The third-order valence-electron chi connectivity index (χ3n) is 4.44. The molecule has 0 bridgehead atoms. The average Bonchev–Trinajstić information content (AvgIpc) is 3.24. The molecule has 0 radical (unpaired) electrons. The number of nitrogens with zero attached hydrogens (tertiary/aromatic N) is 1. The molecule has 1 aromatic heterocycles. The molecule has 1 heterocycles. The van der Waals surface area contributed by atoms with Crippen LogP contribution in [-0.4, -0.2) is 30.6 Å². The van der Waals surface area contributed by atoms with Gasteiger partial charge in [-0.3, -0.25) is 4.79 Å². The second-order valence-corrected chi connectivity index (χ2v) is 7.76. The van der Waals surface area contributed by atoms with Gasteiger partial charge in [0, 0.05) is 11.1 Å². The number of nitrogens with one attached hydrogen (secondary N) is 1. The van der Waals surface area contributed by atoms with E-state index in [-0.39, 0.29) is 18.9 Å². The van der Waals surface area contributed by atoms with Crippen molar-refractivity contribution in [2.24, 2.45) is 0 Å². The third kappa shape index (κ3) is 6.18. The molecule has 1 amide bonds. The van der Waals surface area contributed by atoms with Gasteiger partial charge in [0.1, 0.15) is 18.2 Å². The molecule has 0 atom stereocenters. The van der Waals surface area contributed by atoms with E-state index < -0.39 is 5.97 Å². The van der Waals surface area contributed by atoms with Crippen LogP contribution >= 0.6 is 11.3 Å². The Labute approximate surface area is 190 Å². The molecule has 0 aliphatic rings. The summed E-state index contributed by atoms with van der Waals surface area (Å²) in [6.07, 6.45) is 1.77. The minimum absolute atomic E-state index is 0.00573. The van der Waals surface area contributed by atoms with Gasteiger partial charge in [0.25, 0.3) is 0 Å². The van der Waals surface area contributed by atoms with Gasteiger partial charge in [0.05, 0.1) is 24.8 Å². The summed E-state index contributed by atoms with van der Waals surface area (Å²) in [6, 6.07) is 12.4. The summed E-state index contributed by atoms with van der Waals surface area (Å²) in [4.78, 5) is 29.1. The summed E-state index contributed by atoms with van der Waals surface area (Å²) in [5, 5.41) is 5.30. The lowest BCUT2D eigenvalue weighted by molar-refractivity contribution is -0.115. The highest BCUT2D eigenvalue weighted by atomic mass is 32.1. The van der Waals surface area contributed by atoms with E-state index in [0.717, 1.165) is 11.3 Å². The molecule has 32 heavy (non-hydrogen) atoms. The Kier molecular flexibility index (Phi) is 7.99. The van der Waals surface area contributed by atoms with Gasteiger partial charge in [-0.05, 0) is 36.8 Å². The van der Waals surface area contributed by atoms with Gasteiger partial charge in [-0.25, -0.2) is 9.78 Å². The number of aromatic nitrogens is 1. The van der Waals surface area contributed by atoms with Crippen molar-refractivity contribution < 1.29 is 23.8 Å². The van der Waals surface area contributed by atoms with E-state index in [1.165, 1.54) is 18.4 Å². The van der Waals surface area contributed by atoms with E-state index in [4.69, 9.17) is 14.2 Å². The Morgan fingerprint density at radius 3 is 2.75 bits per heavy atom. The highest BCUT2D eigenvalue weighted by Gasteiger charge is 2.14. The van der Waals surface area contributed by atoms with Crippen molar-refractivity contribution in [2.75, 3.05) is 19.0 Å². The Hall–Kier alpha value is -3.65. The maximum absolute atomic E-state index is 12.4. The lowest BCUT2D eigenvalue weighted by Gasteiger charge is -2.10. The number of carbonyl (C=O) groups excluding carboxylic acids is 2. The summed E-state index contributed by atoms with van der Waals surface area (Å²) < 4.78 is 16.1. The van der Waals surface area contributed by atoms with Crippen LogP contribution in [0.15, 0.2) is 60.5 Å². The van der Waals surface area contributed by atoms with Gasteiger partial charge in [-0.15, -0.1) is 11.3 Å². The average molecular weight is 453 g/mol. The molecule has 8 heteroatoms. The van der Waals surface area contributed by atoms with E-state index in [2.05, 4.69) is 16.9 Å². The van der Waals surface area contributed by atoms with Gasteiger partial charge in [0.15, 0.2) is 11.5 Å². The Morgan fingerprint density at radius 2 is 2.00 bits per heavy atom. The standard InChI is InChI=1S/C24H24N2O5S/c1-4-11-30-20-10-9-17(12-21(20)29-3)24(28)31-14-18-15-32-23(25-18)13-22(27)26-19-8-6-5-7-16(19)2/h4-10,12,15H,1,11,13-14H2,2-3H3,(H,26,27). The molecule has 3 rings (SSSR count). The summed E-state index contributed by atoms with van der Waals surface area (Å²) in [6.45, 7) is 5.87. The van der Waals surface area contributed by atoms with Gasteiger partial charge < -0.3 is 19.5 Å². The number of esters is 1. The Morgan fingerprint density at radius 1 is 1.19 bits per heavy atom. The number of rotatable bonds is 10. The fourth-order valence-corrected chi connectivity index (χ4v) is 3.60. The van der Waals surface area contributed by atoms with Gasteiger partial charge in [-0.2, -0.15) is 0 Å². The fourth-order valence-electron chi connectivity index (χ4n) is 2.83. The lowest BCUT2D eigenvalue weighted by Crippen LogP contribution is -2.15. The SMILES string of the molecule is C=CCOc1ccc(C(=O)OCc2csc(CC(=O)Nc3ccccc3C)n2)cc1OC. The predicted octanol–water partition coefficient (Wildman–Crippen LogP) is 4.56. The topological polar surface area (TPSA) is 86.8 Å². The van der Waals surface area contributed by atoms with Gasteiger partial charge in [0.2, 0.25) is 5.91 Å². The Bertz CT molecular complexity index is 1110. The molecule has 0 saturated heterocycles. The van der Waals surface area contributed by atoms with Crippen molar-refractivity contribution in [2.45, 2.75) is 20.0 Å². The molecule has 1 N–H and O–H groups in total. The molecule has 7 nitrogen and oxygen atoms in total. The zero-order valence-corrected chi connectivity index (χ0v) is 18.7. The number of hydrogen-bond acceptors (Lipinski definition) is 7. The van der Waals surface area contributed by atoms with Crippen LogP contribution in [0.3, 0.4) is 0 Å². The van der Waals surface area contributed by atoms with E-state index in [9.17, 15) is 9.59 Å². The number of methoxy groups -OCH3 is 1. The molecule has 0 aliphatic carbocycles. The third-order valence-corrected chi connectivity index (χ3v) is 5.34.